The third-order valence-electron chi connectivity index (χ3n) is 1.00. The summed E-state index contributed by atoms with van der Waals surface area (Å²) in [6.45, 7) is 1.96. The summed E-state index contributed by atoms with van der Waals surface area (Å²) in [6.07, 6.45) is 0. The molecule has 0 unspecified atom stereocenters. The Morgan fingerprint density at radius 1 is 1.56 bits per heavy atom. The zero-order valence-electron chi connectivity index (χ0n) is 5.61. The van der Waals surface area contributed by atoms with Crippen LogP contribution in [0.2, 0.25) is 5.02 Å². The summed E-state index contributed by atoms with van der Waals surface area (Å²) in [5, 5.41) is 0.809. The monoisotopic (exact) mass is 164 g/mol. The Hall–Kier alpha value is 1.15. The Bertz CT molecular complexity index is 165. The fraction of sp³-hybridized carbons (Fsp3) is 0.143. The fourth-order valence-corrected chi connectivity index (χ4v) is 0.612. The molecule has 0 aliphatic carbocycles. The maximum absolute atomic E-state index is 5.69. The van der Waals surface area contributed by atoms with Gasteiger partial charge in [0.25, 0.3) is 0 Å². The molecule has 0 fully saturated rings. The van der Waals surface area contributed by atoms with Crippen molar-refractivity contribution in [3.05, 3.63) is 34.9 Å². The van der Waals surface area contributed by atoms with Crippen molar-refractivity contribution in [2.75, 3.05) is 0 Å². The quantitative estimate of drug-likeness (QED) is 0.357. The third-order valence-corrected chi connectivity index (χ3v) is 1.43. The second-order valence-corrected chi connectivity index (χ2v) is 2.08. The van der Waals surface area contributed by atoms with Gasteiger partial charge in [-0.15, -0.1) is 17.2 Å². The van der Waals surface area contributed by atoms with Gasteiger partial charge in [0.1, 0.15) is 0 Å². The first-order valence-corrected chi connectivity index (χ1v) is 2.80. The second-order valence-electron chi connectivity index (χ2n) is 1.68. The van der Waals surface area contributed by atoms with Gasteiger partial charge in [0, 0.05) is 0 Å². The molecule has 1 rings (SSSR count). The molecule has 0 atom stereocenters. The molecule has 0 radical (unpaired) electrons. The Morgan fingerprint density at radius 2 is 2.22 bits per heavy atom. The van der Waals surface area contributed by atoms with Crippen LogP contribution in [0, 0.1) is 13.0 Å². The standard InChI is InChI=1S/C7H6Cl.K/c1-6-4-2-3-5-7(6)8;/h3-5H,1H3;/q-1;+1. The van der Waals surface area contributed by atoms with E-state index in [4.69, 9.17) is 11.6 Å². The number of hydrogen-bond acceptors (Lipinski definition) is 0. The molecule has 0 amide bonds. The van der Waals surface area contributed by atoms with Crippen LogP contribution in [0.5, 0.6) is 0 Å². The molecule has 0 aromatic heterocycles. The summed E-state index contributed by atoms with van der Waals surface area (Å²) < 4.78 is 0. The van der Waals surface area contributed by atoms with Crippen LogP contribution < -0.4 is 51.4 Å². The van der Waals surface area contributed by atoms with Gasteiger partial charge in [-0.2, -0.15) is 24.3 Å². The third kappa shape index (κ3) is 3.17. The van der Waals surface area contributed by atoms with Crippen LogP contribution in [0.15, 0.2) is 18.2 Å². The molecule has 9 heavy (non-hydrogen) atoms. The van der Waals surface area contributed by atoms with Crippen molar-refractivity contribution in [3.63, 3.8) is 0 Å². The molecule has 0 saturated carbocycles. The van der Waals surface area contributed by atoms with Crippen LogP contribution in [0.25, 0.3) is 0 Å². The first-order chi connectivity index (χ1) is 3.80. The number of rotatable bonds is 0. The molecule has 0 bridgehead atoms. The van der Waals surface area contributed by atoms with Crippen molar-refractivity contribution in [3.8, 4) is 0 Å². The normalized spacial score (nSPS) is 8.22. The summed E-state index contributed by atoms with van der Waals surface area (Å²) in [5.41, 5.74) is 1.08. The molecular formula is C7H6ClK. The van der Waals surface area contributed by atoms with E-state index in [1.54, 1.807) is 6.07 Å². The van der Waals surface area contributed by atoms with Gasteiger partial charge in [0.05, 0.1) is 0 Å². The van der Waals surface area contributed by atoms with E-state index in [1.807, 2.05) is 19.1 Å². The summed E-state index contributed by atoms with van der Waals surface area (Å²) in [5.74, 6) is 0. The molecule has 2 heteroatoms. The van der Waals surface area contributed by atoms with Crippen molar-refractivity contribution in [2.45, 2.75) is 6.92 Å². The van der Waals surface area contributed by atoms with Crippen LogP contribution >= 0.6 is 11.6 Å². The summed E-state index contributed by atoms with van der Waals surface area (Å²) in [6, 6.07) is 8.41. The maximum Gasteiger partial charge on any atom is 1.00 e. The minimum Gasteiger partial charge on any atom is -0.183 e. The number of benzene rings is 1. The van der Waals surface area contributed by atoms with Gasteiger partial charge in [-0.1, -0.05) is 11.9 Å². The Morgan fingerprint density at radius 3 is 2.56 bits per heavy atom. The smallest absolute Gasteiger partial charge is 0.183 e. The molecule has 0 N–H and O–H groups in total. The zero-order chi connectivity index (χ0) is 5.98. The molecule has 0 aliphatic rings. The predicted octanol–water partition coefficient (Wildman–Crippen LogP) is -0.547. The van der Waals surface area contributed by atoms with Gasteiger partial charge in [-0.25, -0.2) is 0 Å². The molecule has 0 saturated heterocycles. The van der Waals surface area contributed by atoms with Gasteiger partial charge in [-0.05, 0) is 0 Å². The average molecular weight is 165 g/mol. The van der Waals surface area contributed by atoms with Gasteiger partial charge in [-0.3, -0.25) is 0 Å². The van der Waals surface area contributed by atoms with Crippen molar-refractivity contribution in [2.24, 2.45) is 0 Å². The Balaban J connectivity index is 0.000000640. The van der Waals surface area contributed by atoms with E-state index >= 15 is 0 Å². The molecular weight excluding hydrogens is 159 g/mol. The Labute approximate surface area is 103 Å². The van der Waals surface area contributed by atoms with E-state index in [9.17, 15) is 0 Å². The minimum absolute atomic E-state index is 0. The summed E-state index contributed by atoms with van der Waals surface area (Å²) in [7, 11) is 0. The zero-order valence-corrected chi connectivity index (χ0v) is 9.49. The van der Waals surface area contributed by atoms with E-state index in [2.05, 4.69) is 6.07 Å². The van der Waals surface area contributed by atoms with Crippen molar-refractivity contribution < 1.29 is 51.4 Å². The van der Waals surface area contributed by atoms with E-state index in [1.165, 1.54) is 0 Å². The minimum atomic E-state index is 0. The van der Waals surface area contributed by atoms with Gasteiger partial charge < -0.3 is 0 Å². The van der Waals surface area contributed by atoms with Crippen molar-refractivity contribution in [1.82, 2.24) is 0 Å². The number of hydrogen-bond donors (Lipinski definition) is 0. The van der Waals surface area contributed by atoms with E-state index in [-0.39, 0.29) is 51.4 Å². The number of aryl methyl sites for hydroxylation is 1. The van der Waals surface area contributed by atoms with Gasteiger partial charge in [0.15, 0.2) is 0 Å². The molecule has 1 aromatic carbocycles. The summed E-state index contributed by atoms with van der Waals surface area (Å²) >= 11 is 5.69. The number of halogens is 1. The Kier molecular flexibility index (Phi) is 5.51. The van der Waals surface area contributed by atoms with Gasteiger partial charge >= 0.3 is 51.4 Å². The largest absolute Gasteiger partial charge is 1.00 e. The second kappa shape index (κ2) is 4.89. The maximum atomic E-state index is 5.69. The van der Waals surface area contributed by atoms with E-state index < -0.39 is 0 Å². The molecule has 0 heterocycles. The molecule has 0 aliphatic heterocycles. The topological polar surface area (TPSA) is 0 Å². The predicted molar refractivity (Wildman–Crippen MR) is 35.0 cm³/mol. The molecule has 0 spiro atoms. The van der Waals surface area contributed by atoms with Crippen molar-refractivity contribution in [1.29, 1.82) is 0 Å². The van der Waals surface area contributed by atoms with Gasteiger partial charge in [0.2, 0.25) is 0 Å². The van der Waals surface area contributed by atoms with Crippen LogP contribution in [0.4, 0.5) is 0 Å². The van der Waals surface area contributed by atoms with E-state index in [0.29, 0.717) is 0 Å². The van der Waals surface area contributed by atoms with Crippen LogP contribution in [-0.2, 0) is 0 Å². The van der Waals surface area contributed by atoms with Crippen molar-refractivity contribution >= 4 is 11.6 Å². The molecule has 1 aromatic rings. The summed E-state index contributed by atoms with van der Waals surface area (Å²) in [4.78, 5) is 0. The first-order valence-electron chi connectivity index (χ1n) is 2.43. The van der Waals surface area contributed by atoms with Crippen LogP contribution in [0.1, 0.15) is 5.56 Å². The SMILES string of the molecule is Cc1c[c-]ccc1Cl.[K+]. The molecule has 42 valence electrons. The first kappa shape index (κ1) is 10.1. The van der Waals surface area contributed by atoms with Crippen LogP contribution in [-0.4, -0.2) is 0 Å². The van der Waals surface area contributed by atoms with E-state index in [0.717, 1.165) is 10.6 Å². The van der Waals surface area contributed by atoms with Crippen LogP contribution in [0.3, 0.4) is 0 Å². The fourth-order valence-electron chi connectivity index (χ4n) is 0.495. The molecule has 0 nitrogen and oxygen atoms in total. The average Bonchev–Trinajstić information content (AvgIpc) is 1.77.